The highest BCUT2D eigenvalue weighted by Crippen LogP contribution is 2.32. The minimum atomic E-state index is -0.491. The third-order valence-corrected chi connectivity index (χ3v) is 4.26. The number of phenolic OH excluding ortho intramolecular Hbond substituents is 1. The summed E-state index contributed by atoms with van der Waals surface area (Å²) in [7, 11) is 0. The van der Waals surface area contributed by atoms with Crippen LogP contribution in [0.15, 0.2) is 46.9 Å². The molecule has 0 amide bonds. The maximum absolute atomic E-state index is 13.1. The molecule has 0 saturated heterocycles. The summed E-state index contributed by atoms with van der Waals surface area (Å²) in [5.41, 5.74) is 1.11. The molecule has 0 atom stereocenters. The molecule has 134 valence electrons. The van der Waals surface area contributed by atoms with Gasteiger partial charge < -0.3 is 9.52 Å². The van der Waals surface area contributed by atoms with Crippen LogP contribution in [0.4, 0.5) is 5.69 Å². The predicted octanol–water partition coefficient (Wildman–Crippen LogP) is 4.87. The number of nitro groups is 1. The summed E-state index contributed by atoms with van der Waals surface area (Å²) in [6.45, 7) is 4.16. The zero-order chi connectivity index (χ0) is 18.8. The average molecular weight is 353 g/mol. The van der Waals surface area contributed by atoms with E-state index in [9.17, 15) is 20.0 Å². The molecule has 3 aromatic rings. The molecule has 3 rings (SSSR count). The van der Waals surface area contributed by atoms with Gasteiger partial charge in [0, 0.05) is 29.5 Å². The number of hydrogen-bond donors (Lipinski definition) is 1. The summed E-state index contributed by atoms with van der Waals surface area (Å²) in [5.74, 6) is 0.749. The molecule has 2 aromatic carbocycles. The molecule has 0 aliphatic rings. The number of furan rings is 1. The third-order valence-electron chi connectivity index (χ3n) is 4.26. The molecule has 0 spiro atoms. The molecule has 1 heterocycles. The highest BCUT2D eigenvalue weighted by atomic mass is 16.6. The van der Waals surface area contributed by atoms with Crippen molar-refractivity contribution in [2.24, 2.45) is 5.92 Å². The van der Waals surface area contributed by atoms with Gasteiger partial charge >= 0.3 is 0 Å². The molecule has 0 saturated carbocycles. The van der Waals surface area contributed by atoms with Crippen LogP contribution in [0.5, 0.6) is 5.75 Å². The molecule has 26 heavy (non-hydrogen) atoms. The maximum atomic E-state index is 13.1. The topological polar surface area (TPSA) is 93.6 Å². The molecule has 6 nitrogen and oxygen atoms in total. The van der Waals surface area contributed by atoms with Crippen LogP contribution in [0.1, 0.15) is 41.9 Å². The van der Waals surface area contributed by atoms with Crippen molar-refractivity contribution in [3.05, 3.63) is 69.5 Å². The second kappa shape index (κ2) is 7.00. The standard InChI is InChI=1S/C20H19NO5/c1-12(2)3-9-18-19(20(23)13-4-7-15(22)8-5-13)16-11-14(21(24)25)6-10-17(16)26-18/h4-8,10-12,22H,3,9H2,1-2H3. The molecule has 6 heteroatoms. The Morgan fingerprint density at radius 2 is 1.88 bits per heavy atom. The Morgan fingerprint density at radius 1 is 1.19 bits per heavy atom. The first-order valence-electron chi connectivity index (χ1n) is 8.40. The van der Waals surface area contributed by atoms with Gasteiger partial charge in [0.05, 0.1) is 10.5 Å². The predicted molar refractivity (Wildman–Crippen MR) is 97.6 cm³/mol. The smallest absolute Gasteiger partial charge is 0.270 e. The van der Waals surface area contributed by atoms with E-state index >= 15 is 0 Å². The number of carbonyl (C=O) groups excluding carboxylic acids is 1. The number of fused-ring (bicyclic) bond motifs is 1. The summed E-state index contributed by atoms with van der Waals surface area (Å²) in [6.07, 6.45) is 1.40. The van der Waals surface area contributed by atoms with Crippen molar-refractivity contribution in [2.45, 2.75) is 26.7 Å². The van der Waals surface area contributed by atoms with Crippen LogP contribution in [0.2, 0.25) is 0 Å². The number of carbonyl (C=O) groups is 1. The lowest BCUT2D eigenvalue weighted by atomic mass is 9.97. The van der Waals surface area contributed by atoms with Crippen LogP contribution in [0, 0.1) is 16.0 Å². The van der Waals surface area contributed by atoms with Gasteiger partial charge in [0.2, 0.25) is 0 Å². The number of nitro benzene ring substituents is 1. The van der Waals surface area contributed by atoms with Crippen molar-refractivity contribution in [1.82, 2.24) is 0 Å². The number of aryl methyl sites for hydroxylation is 1. The van der Waals surface area contributed by atoms with Gasteiger partial charge in [0.15, 0.2) is 5.78 Å². The summed E-state index contributed by atoms with van der Waals surface area (Å²) >= 11 is 0. The van der Waals surface area contributed by atoms with Crippen LogP contribution in [0.25, 0.3) is 11.0 Å². The van der Waals surface area contributed by atoms with E-state index in [-0.39, 0.29) is 17.2 Å². The van der Waals surface area contributed by atoms with Gasteiger partial charge in [-0.1, -0.05) is 13.8 Å². The van der Waals surface area contributed by atoms with Crippen LogP contribution < -0.4 is 0 Å². The van der Waals surface area contributed by atoms with Gasteiger partial charge in [-0.05, 0) is 42.7 Å². The lowest BCUT2D eigenvalue weighted by molar-refractivity contribution is -0.384. The first kappa shape index (κ1) is 17.7. The summed E-state index contributed by atoms with van der Waals surface area (Å²) in [6, 6.07) is 10.2. The van der Waals surface area contributed by atoms with Crippen LogP contribution >= 0.6 is 0 Å². The molecule has 0 unspecified atom stereocenters. The molecule has 1 N–H and O–H groups in total. The number of ketones is 1. The first-order chi connectivity index (χ1) is 12.4. The Kier molecular flexibility index (Phi) is 4.75. The molecule has 0 aliphatic heterocycles. The number of benzene rings is 2. The monoisotopic (exact) mass is 353 g/mol. The van der Waals surface area contributed by atoms with E-state index in [1.807, 2.05) is 0 Å². The molecular weight excluding hydrogens is 334 g/mol. The van der Waals surface area contributed by atoms with E-state index in [0.717, 1.165) is 6.42 Å². The number of aromatic hydroxyl groups is 1. The quantitative estimate of drug-likeness (QED) is 0.388. The molecule has 1 aromatic heterocycles. The van der Waals surface area contributed by atoms with Crippen LogP contribution in [-0.4, -0.2) is 15.8 Å². The Bertz CT molecular complexity index is 970. The second-order valence-corrected chi connectivity index (χ2v) is 6.65. The molecule has 0 fully saturated rings. The van der Waals surface area contributed by atoms with E-state index in [2.05, 4.69) is 13.8 Å². The Morgan fingerprint density at radius 3 is 2.50 bits per heavy atom. The van der Waals surface area contributed by atoms with Crippen molar-refractivity contribution >= 4 is 22.4 Å². The van der Waals surface area contributed by atoms with Gasteiger partial charge in [0.1, 0.15) is 17.1 Å². The number of rotatable bonds is 6. The number of phenols is 1. The highest BCUT2D eigenvalue weighted by Gasteiger charge is 2.24. The third kappa shape index (κ3) is 3.44. The number of hydrogen-bond acceptors (Lipinski definition) is 5. The molecule has 0 radical (unpaired) electrons. The highest BCUT2D eigenvalue weighted by molar-refractivity contribution is 6.17. The van der Waals surface area contributed by atoms with E-state index in [0.29, 0.717) is 40.2 Å². The summed E-state index contributed by atoms with van der Waals surface area (Å²) in [4.78, 5) is 23.7. The lowest BCUT2D eigenvalue weighted by Crippen LogP contribution is -2.04. The molecule has 0 aliphatic carbocycles. The normalized spacial score (nSPS) is 11.2. The maximum Gasteiger partial charge on any atom is 0.270 e. The SMILES string of the molecule is CC(C)CCc1oc2ccc([N+](=O)[O-])cc2c1C(=O)c1ccc(O)cc1. The number of nitrogens with zero attached hydrogens (tertiary/aromatic N) is 1. The Hall–Kier alpha value is -3.15. The zero-order valence-electron chi connectivity index (χ0n) is 14.6. The van der Waals surface area contributed by atoms with Gasteiger partial charge in [-0.25, -0.2) is 0 Å². The zero-order valence-corrected chi connectivity index (χ0v) is 14.6. The second-order valence-electron chi connectivity index (χ2n) is 6.65. The lowest BCUT2D eigenvalue weighted by Gasteiger charge is -2.05. The van der Waals surface area contributed by atoms with E-state index in [4.69, 9.17) is 4.42 Å². The Balaban J connectivity index is 2.15. The first-order valence-corrected chi connectivity index (χ1v) is 8.40. The van der Waals surface area contributed by atoms with Crippen molar-refractivity contribution in [1.29, 1.82) is 0 Å². The van der Waals surface area contributed by atoms with E-state index < -0.39 is 4.92 Å². The molecular formula is C20H19NO5. The van der Waals surface area contributed by atoms with Crippen molar-refractivity contribution in [3.8, 4) is 5.75 Å². The summed E-state index contributed by atoms with van der Waals surface area (Å²) in [5, 5.41) is 21.0. The minimum absolute atomic E-state index is 0.0641. The van der Waals surface area contributed by atoms with Crippen molar-refractivity contribution in [3.63, 3.8) is 0 Å². The van der Waals surface area contributed by atoms with E-state index in [1.54, 1.807) is 0 Å². The minimum Gasteiger partial charge on any atom is -0.508 e. The van der Waals surface area contributed by atoms with Gasteiger partial charge in [-0.3, -0.25) is 14.9 Å². The van der Waals surface area contributed by atoms with Crippen LogP contribution in [-0.2, 0) is 6.42 Å². The largest absolute Gasteiger partial charge is 0.508 e. The Labute approximate surface area is 150 Å². The van der Waals surface area contributed by atoms with Crippen LogP contribution in [0.3, 0.4) is 0 Å². The van der Waals surface area contributed by atoms with Gasteiger partial charge in [-0.2, -0.15) is 0 Å². The molecule has 0 bridgehead atoms. The fourth-order valence-corrected chi connectivity index (χ4v) is 2.85. The summed E-state index contributed by atoms with van der Waals surface area (Å²) < 4.78 is 5.86. The average Bonchev–Trinajstić information content (AvgIpc) is 2.97. The number of non-ortho nitro benzene ring substituents is 1. The van der Waals surface area contributed by atoms with Crippen molar-refractivity contribution < 1.29 is 19.2 Å². The van der Waals surface area contributed by atoms with E-state index in [1.165, 1.54) is 42.5 Å². The van der Waals surface area contributed by atoms with Crippen molar-refractivity contribution in [2.75, 3.05) is 0 Å². The fraction of sp³-hybridized carbons (Fsp3) is 0.250. The fourth-order valence-electron chi connectivity index (χ4n) is 2.85. The van der Waals surface area contributed by atoms with Gasteiger partial charge in [-0.15, -0.1) is 0 Å². The van der Waals surface area contributed by atoms with Gasteiger partial charge in [0.25, 0.3) is 5.69 Å².